The predicted octanol–water partition coefficient (Wildman–Crippen LogP) is 1.39. The van der Waals surface area contributed by atoms with Gasteiger partial charge in [-0.1, -0.05) is 83.6 Å². The van der Waals surface area contributed by atoms with Crippen LogP contribution in [0.4, 0.5) is 0 Å². The minimum atomic E-state index is -1.08. The van der Waals surface area contributed by atoms with Gasteiger partial charge < -0.3 is 9.90 Å². The van der Waals surface area contributed by atoms with E-state index in [1.807, 2.05) is 0 Å². The molecule has 0 aromatic heterocycles. The Morgan fingerprint density at radius 2 is 1.20 bits per heavy atom. The van der Waals surface area contributed by atoms with Crippen molar-refractivity contribution in [2.24, 2.45) is 0 Å². The first-order chi connectivity index (χ1) is 9.27. The standard InChI is InChI=1S/C17H32O2.K/c1-2-3-4-5-6-7-8-9-10-11-12-13-14-15-16-17(18)19;/h15-16H,2-14H2,1H3,(H,18,19);/q;+1/p-1. The third-order valence-electron chi connectivity index (χ3n) is 3.48. The van der Waals surface area contributed by atoms with Crippen LogP contribution in [0.1, 0.15) is 90.4 Å². The summed E-state index contributed by atoms with van der Waals surface area (Å²) in [7, 11) is 0. The molecule has 0 radical (unpaired) electrons. The molecular weight excluding hydrogens is 275 g/mol. The summed E-state index contributed by atoms with van der Waals surface area (Å²) >= 11 is 0. The number of hydrogen-bond donors (Lipinski definition) is 0. The van der Waals surface area contributed by atoms with Crippen molar-refractivity contribution in [3.05, 3.63) is 12.2 Å². The number of carboxylic acid groups (broad SMARTS) is 1. The van der Waals surface area contributed by atoms with Crippen LogP contribution in [-0.2, 0) is 4.79 Å². The van der Waals surface area contributed by atoms with Gasteiger partial charge in [-0.05, 0) is 18.9 Å². The number of carbonyl (C=O) groups is 1. The van der Waals surface area contributed by atoms with Gasteiger partial charge in [-0.3, -0.25) is 0 Å². The topological polar surface area (TPSA) is 40.1 Å². The van der Waals surface area contributed by atoms with Gasteiger partial charge >= 0.3 is 51.4 Å². The second-order valence-corrected chi connectivity index (χ2v) is 5.40. The first kappa shape index (κ1) is 23.1. The SMILES string of the molecule is CCCCCCCCCCCCCCC=CC(=O)[O-].[K+]. The fourth-order valence-corrected chi connectivity index (χ4v) is 2.28. The van der Waals surface area contributed by atoms with E-state index in [9.17, 15) is 9.90 Å². The van der Waals surface area contributed by atoms with Gasteiger partial charge in [-0.15, -0.1) is 0 Å². The molecule has 0 aromatic rings. The summed E-state index contributed by atoms with van der Waals surface area (Å²) in [6.45, 7) is 2.26. The summed E-state index contributed by atoms with van der Waals surface area (Å²) in [4.78, 5) is 10.1. The Morgan fingerprint density at radius 3 is 1.60 bits per heavy atom. The molecule has 112 valence electrons. The smallest absolute Gasteiger partial charge is 0.545 e. The Morgan fingerprint density at radius 1 is 0.800 bits per heavy atom. The summed E-state index contributed by atoms with van der Waals surface area (Å²) in [6.07, 6.45) is 19.8. The molecule has 0 aliphatic rings. The van der Waals surface area contributed by atoms with Crippen LogP contribution in [0.15, 0.2) is 12.2 Å². The Balaban J connectivity index is 0. The molecule has 0 atom stereocenters. The number of aliphatic carboxylic acids is 1. The Hall–Kier alpha value is 0.846. The van der Waals surface area contributed by atoms with E-state index in [2.05, 4.69) is 6.92 Å². The minimum absolute atomic E-state index is 0. The molecule has 0 aliphatic carbocycles. The maximum absolute atomic E-state index is 10.1. The second-order valence-electron chi connectivity index (χ2n) is 5.40. The molecule has 0 rings (SSSR count). The molecule has 2 nitrogen and oxygen atoms in total. The van der Waals surface area contributed by atoms with Crippen LogP contribution in [0.2, 0.25) is 0 Å². The monoisotopic (exact) mass is 306 g/mol. The van der Waals surface area contributed by atoms with E-state index >= 15 is 0 Å². The Kier molecular flexibility index (Phi) is 22.9. The molecule has 0 bridgehead atoms. The first-order valence-electron chi connectivity index (χ1n) is 8.15. The predicted molar refractivity (Wildman–Crippen MR) is 79.8 cm³/mol. The summed E-state index contributed by atoms with van der Waals surface area (Å²) in [5, 5.41) is 10.1. The average Bonchev–Trinajstić information content (AvgIpc) is 2.39. The van der Waals surface area contributed by atoms with Gasteiger partial charge in [0.1, 0.15) is 0 Å². The van der Waals surface area contributed by atoms with E-state index in [1.54, 1.807) is 6.08 Å². The molecule has 0 fully saturated rings. The first-order valence-corrected chi connectivity index (χ1v) is 8.15. The quantitative estimate of drug-likeness (QED) is 0.276. The van der Waals surface area contributed by atoms with Crippen LogP contribution in [0.5, 0.6) is 0 Å². The van der Waals surface area contributed by atoms with Gasteiger partial charge in [0.15, 0.2) is 0 Å². The van der Waals surface area contributed by atoms with Gasteiger partial charge in [0.05, 0.1) is 5.97 Å². The van der Waals surface area contributed by atoms with Crippen LogP contribution in [0.3, 0.4) is 0 Å². The van der Waals surface area contributed by atoms with Crippen molar-refractivity contribution in [3.8, 4) is 0 Å². The van der Waals surface area contributed by atoms with Gasteiger partial charge in [0.2, 0.25) is 0 Å². The molecule has 0 amide bonds. The molecule has 0 aromatic carbocycles. The molecule has 20 heavy (non-hydrogen) atoms. The van der Waals surface area contributed by atoms with Crippen molar-refractivity contribution in [2.75, 3.05) is 0 Å². The van der Waals surface area contributed by atoms with Gasteiger partial charge in [-0.2, -0.15) is 0 Å². The van der Waals surface area contributed by atoms with E-state index in [0.717, 1.165) is 18.9 Å². The third kappa shape index (κ3) is 21.2. The summed E-state index contributed by atoms with van der Waals surface area (Å²) < 4.78 is 0. The largest absolute Gasteiger partial charge is 1.00 e. The van der Waals surface area contributed by atoms with E-state index < -0.39 is 5.97 Å². The third-order valence-corrected chi connectivity index (χ3v) is 3.48. The summed E-state index contributed by atoms with van der Waals surface area (Å²) in [6, 6.07) is 0. The number of carbonyl (C=O) groups excluding carboxylic acids is 1. The van der Waals surface area contributed by atoms with Crippen molar-refractivity contribution in [1.82, 2.24) is 0 Å². The van der Waals surface area contributed by atoms with E-state index in [0.29, 0.717) is 0 Å². The van der Waals surface area contributed by atoms with Gasteiger partial charge in [-0.25, -0.2) is 0 Å². The molecule has 0 N–H and O–H groups in total. The van der Waals surface area contributed by atoms with Crippen molar-refractivity contribution in [3.63, 3.8) is 0 Å². The zero-order valence-electron chi connectivity index (χ0n) is 13.7. The second kappa shape index (κ2) is 19.8. The molecule has 0 unspecified atom stereocenters. The maximum atomic E-state index is 10.1. The van der Waals surface area contributed by atoms with Crippen LogP contribution < -0.4 is 56.5 Å². The molecule has 0 spiro atoms. The Bertz CT molecular complexity index is 227. The summed E-state index contributed by atoms with van der Waals surface area (Å²) in [5.41, 5.74) is 0. The number of allylic oxidation sites excluding steroid dienone is 1. The zero-order chi connectivity index (χ0) is 14.2. The summed E-state index contributed by atoms with van der Waals surface area (Å²) in [5.74, 6) is -1.08. The Labute approximate surface area is 168 Å². The van der Waals surface area contributed by atoms with Crippen molar-refractivity contribution in [1.29, 1.82) is 0 Å². The molecule has 0 saturated heterocycles. The number of unbranched alkanes of at least 4 members (excludes halogenated alkanes) is 12. The maximum Gasteiger partial charge on any atom is 1.00 e. The van der Waals surface area contributed by atoms with Crippen LogP contribution in [0.25, 0.3) is 0 Å². The average molecular weight is 307 g/mol. The van der Waals surface area contributed by atoms with Crippen molar-refractivity contribution < 1.29 is 61.3 Å². The number of hydrogen-bond acceptors (Lipinski definition) is 2. The van der Waals surface area contributed by atoms with E-state index in [1.165, 1.54) is 70.6 Å². The number of rotatable bonds is 14. The van der Waals surface area contributed by atoms with Gasteiger partial charge in [0, 0.05) is 0 Å². The van der Waals surface area contributed by atoms with E-state index in [-0.39, 0.29) is 51.4 Å². The number of carboxylic acids is 1. The minimum Gasteiger partial charge on any atom is -0.545 e. The molecule has 0 saturated carbocycles. The molecule has 0 aliphatic heterocycles. The molecular formula is C17H31KO2. The van der Waals surface area contributed by atoms with Crippen LogP contribution >= 0.6 is 0 Å². The molecule has 3 heteroatoms. The normalized spacial score (nSPS) is 10.7. The van der Waals surface area contributed by atoms with Crippen LogP contribution in [-0.4, -0.2) is 5.97 Å². The molecule has 0 heterocycles. The van der Waals surface area contributed by atoms with Crippen molar-refractivity contribution in [2.45, 2.75) is 90.4 Å². The van der Waals surface area contributed by atoms with Crippen LogP contribution in [0, 0.1) is 0 Å². The van der Waals surface area contributed by atoms with E-state index in [4.69, 9.17) is 0 Å². The van der Waals surface area contributed by atoms with Crippen molar-refractivity contribution >= 4 is 5.97 Å². The zero-order valence-corrected chi connectivity index (χ0v) is 16.8. The fraction of sp³-hybridized carbons (Fsp3) is 0.824. The fourth-order valence-electron chi connectivity index (χ4n) is 2.28. The van der Waals surface area contributed by atoms with Gasteiger partial charge in [0.25, 0.3) is 0 Å².